The number of benzene rings is 1. The van der Waals surface area contributed by atoms with E-state index in [0.717, 1.165) is 44.4 Å². The topological polar surface area (TPSA) is 103 Å². The summed E-state index contributed by atoms with van der Waals surface area (Å²) in [5, 5.41) is 9.22. The molecule has 1 unspecified atom stereocenters. The van der Waals surface area contributed by atoms with E-state index < -0.39 is 18.0 Å². The van der Waals surface area contributed by atoms with Crippen LogP contribution >= 0.6 is 0 Å². The molecule has 186 valence electrons. The largest absolute Gasteiger partial charge is 0.464 e. The van der Waals surface area contributed by atoms with Crippen molar-refractivity contribution in [1.29, 1.82) is 0 Å². The Morgan fingerprint density at radius 3 is 2.60 bits per heavy atom. The summed E-state index contributed by atoms with van der Waals surface area (Å²) in [5.41, 5.74) is 5.80. The summed E-state index contributed by atoms with van der Waals surface area (Å²) in [7, 11) is 1.84. The lowest BCUT2D eigenvalue weighted by Gasteiger charge is -2.25. The highest BCUT2D eigenvalue weighted by molar-refractivity contribution is 5.99. The molecule has 35 heavy (non-hydrogen) atoms. The van der Waals surface area contributed by atoms with Crippen molar-refractivity contribution in [3.8, 4) is 17.0 Å². The van der Waals surface area contributed by atoms with Crippen LogP contribution in [0.2, 0.25) is 0 Å². The first-order valence-electron chi connectivity index (χ1n) is 11.3. The van der Waals surface area contributed by atoms with Gasteiger partial charge >= 0.3 is 6.18 Å². The molecular formula is C24H26F3N5O3. The Balaban J connectivity index is 0.000000356. The lowest BCUT2D eigenvalue weighted by molar-refractivity contribution is -0.138. The van der Waals surface area contributed by atoms with Crippen molar-refractivity contribution in [2.75, 3.05) is 25.9 Å². The number of fused-ring (bicyclic) bond motifs is 1. The average molecular weight is 489 g/mol. The lowest BCUT2D eigenvalue weighted by atomic mass is 10.0. The predicted molar refractivity (Wildman–Crippen MR) is 123 cm³/mol. The van der Waals surface area contributed by atoms with Crippen LogP contribution in [0.15, 0.2) is 36.7 Å². The molecule has 0 aliphatic carbocycles. The van der Waals surface area contributed by atoms with E-state index in [0.29, 0.717) is 41.0 Å². The first kappa shape index (κ1) is 24.6. The molecule has 0 spiro atoms. The highest BCUT2D eigenvalue weighted by Gasteiger charge is 2.32. The second kappa shape index (κ2) is 10.4. The number of ether oxygens (including phenoxy) is 2. The van der Waals surface area contributed by atoms with Crippen molar-refractivity contribution >= 4 is 22.5 Å². The summed E-state index contributed by atoms with van der Waals surface area (Å²) in [6, 6.07) is 4.99. The molecule has 0 bridgehead atoms. The molecule has 2 aromatic heterocycles. The van der Waals surface area contributed by atoms with Gasteiger partial charge in [0.15, 0.2) is 12.1 Å². The number of alkyl halides is 3. The summed E-state index contributed by atoms with van der Waals surface area (Å²) in [4.78, 5) is 16.3. The van der Waals surface area contributed by atoms with E-state index in [2.05, 4.69) is 15.2 Å². The van der Waals surface area contributed by atoms with Gasteiger partial charge in [-0.05, 0) is 43.5 Å². The standard InChI is InChI=1S/C19H17F3N4O2.C5H9NO/c20-19(21,22)11-4-5-13(15(9-11)28-16-3-1-2-8-27-16)17-12-6-7-24-10-14(12)18(23)26-25-17;1-6-4-2-3-5(6)7/h4-7,9-10,16H,1-3,8H2,(H2,23,26);2-4H2,1H3. The summed E-state index contributed by atoms with van der Waals surface area (Å²) in [6.45, 7) is 1.47. The molecule has 2 fully saturated rings. The number of rotatable bonds is 3. The van der Waals surface area contributed by atoms with Crippen LogP contribution in [0.25, 0.3) is 22.0 Å². The van der Waals surface area contributed by atoms with Crippen molar-refractivity contribution in [2.45, 2.75) is 44.6 Å². The van der Waals surface area contributed by atoms with Gasteiger partial charge in [-0.25, -0.2) is 0 Å². The summed E-state index contributed by atoms with van der Waals surface area (Å²) in [6.07, 6.45) is 2.19. The second-order valence-electron chi connectivity index (χ2n) is 8.40. The molecule has 2 N–H and O–H groups in total. The third-order valence-corrected chi connectivity index (χ3v) is 5.88. The Bertz CT molecular complexity index is 1200. The minimum atomic E-state index is -4.50. The number of halogens is 3. The van der Waals surface area contributed by atoms with Gasteiger partial charge in [0.05, 0.1) is 12.2 Å². The van der Waals surface area contributed by atoms with Crippen LogP contribution in [0.4, 0.5) is 19.0 Å². The number of hydrogen-bond acceptors (Lipinski definition) is 7. The molecule has 0 saturated carbocycles. The van der Waals surface area contributed by atoms with Crippen molar-refractivity contribution in [2.24, 2.45) is 0 Å². The first-order valence-corrected chi connectivity index (χ1v) is 11.3. The molecule has 3 aromatic rings. The van der Waals surface area contributed by atoms with Crippen LogP contribution < -0.4 is 10.5 Å². The number of amides is 1. The number of anilines is 1. The second-order valence-corrected chi connectivity index (χ2v) is 8.40. The van der Waals surface area contributed by atoms with Crippen LogP contribution in [-0.4, -0.2) is 52.5 Å². The Labute approximate surface area is 200 Å². The van der Waals surface area contributed by atoms with Crippen LogP contribution in [0, 0.1) is 0 Å². The minimum Gasteiger partial charge on any atom is -0.464 e. The number of nitrogens with two attached hydrogens (primary N) is 1. The Morgan fingerprint density at radius 2 is 1.97 bits per heavy atom. The Morgan fingerprint density at radius 1 is 1.14 bits per heavy atom. The fourth-order valence-corrected chi connectivity index (χ4v) is 3.94. The molecule has 0 radical (unpaired) electrons. The summed E-state index contributed by atoms with van der Waals surface area (Å²) >= 11 is 0. The van der Waals surface area contributed by atoms with E-state index in [1.165, 1.54) is 12.3 Å². The number of hydrogen-bond donors (Lipinski definition) is 1. The number of carbonyl (C=O) groups is 1. The van der Waals surface area contributed by atoms with Gasteiger partial charge in [0.25, 0.3) is 0 Å². The number of carbonyl (C=O) groups excluding carboxylic acids is 1. The number of nitrogen functional groups attached to an aromatic ring is 1. The molecule has 4 heterocycles. The lowest BCUT2D eigenvalue weighted by Crippen LogP contribution is -2.25. The molecule has 5 rings (SSSR count). The number of likely N-dealkylation sites (tertiary alicyclic amines) is 1. The molecule has 1 amide bonds. The van der Waals surface area contributed by atoms with E-state index in [1.807, 2.05) is 7.05 Å². The fourth-order valence-electron chi connectivity index (χ4n) is 3.94. The molecular weight excluding hydrogens is 463 g/mol. The maximum atomic E-state index is 13.2. The minimum absolute atomic E-state index is 0.0407. The van der Waals surface area contributed by atoms with E-state index in [1.54, 1.807) is 17.2 Å². The van der Waals surface area contributed by atoms with Crippen LogP contribution in [0.3, 0.4) is 0 Å². The van der Waals surface area contributed by atoms with Crippen LogP contribution in [-0.2, 0) is 15.7 Å². The molecule has 11 heteroatoms. The smallest absolute Gasteiger partial charge is 0.416 e. The van der Waals surface area contributed by atoms with Gasteiger partial charge in [-0.3, -0.25) is 9.78 Å². The van der Waals surface area contributed by atoms with Gasteiger partial charge in [0.2, 0.25) is 5.91 Å². The van der Waals surface area contributed by atoms with Gasteiger partial charge in [0.1, 0.15) is 11.4 Å². The quantitative estimate of drug-likeness (QED) is 0.580. The predicted octanol–water partition coefficient (Wildman–Crippen LogP) is 4.44. The van der Waals surface area contributed by atoms with Gasteiger partial charge in [-0.2, -0.15) is 13.2 Å². The Kier molecular flexibility index (Phi) is 7.34. The van der Waals surface area contributed by atoms with E-state index >= 15 is 0 Å². The van der Waals surface area contributed by atoms with Gasteiger partial charge in [0, 0.05) is 55.2 Å². The van der Waals surface area contributed by atoms with Gasteiger partial charge in [-0.15, -0.1) is 10.2 Å². The zero-order valence-electron chi connectivity index (χ0n) is 19.2. The van der Waals surface area contributed by atoms with Crippen molar-refractivity contribution in [1.82, 2.24) is 20.1 Å². The number of pyridine rings is 1. The average Bonchev–Trinajstić information content (AvgIpc) is 3.22. The maximum absolute atomic E-state index is 13.2. The number of nitrogens with zero attached hydrogens (tertiary/aromatic N) is 4. The monoisotopic (exact) mass is 489 g/mol. The molecule has 2 saturated heterocycles. The normalized spacial score (nSPS) is 18.3. The number of aromatic nitrogens is 3. The first-order chi connectivity index (χ1) is 16.7. The third kappa shape index (κ3) is 5.79. The molecule has 8 nitrogen and oxygen atoms in total. The zero-order valence-corrected chi connectivity index (χ0v) is 19.2. The van der Waals surface area contributed by atoms with Crippen molar-refractivity contribution in [3.63, 3.8) is 0 Å². The van der Waals surface area contributed by atoms with Crippen LogP contribution in [0.1, 0.15) is 37.7 Å². The molecule has 2 aliphatic heterocycles. The highest BCUT2D eigenvalue weighted by atomic mass is 19.4. The SMILES string of the molecule is CN1CCCC1=O.Nc1nnc(-c2ccc(C(F)(F)F)cc2OC2CCCCO2)c2ccncc12. The zero-order chi connectivity index (χ0) is 25.0. The van der Waals surface area contributed by atoms with E-state index in [-0.39, 0.29) is 11.6 Å². The molecule has 1 aromatic carbocycles. The van der Waals surface area contributed by atoms with Gasteiger partial charge < -0.3 is 20.1 Å². The maximum Gasteiger partial charge on any atom is 0.416 e. The van der Waals surface area contributed by atoms with Crippen molar-refractivity contribution < 1.29 is 27.4 Å². The summed E-state index contributed by atoms with van der Waals surface area (Å²) < 4.78 is 51.1. The molecule has 2 aliphatic rings. The summed E-state index contributed by atoms with van der Waals surface area (Å²) in [5.74, 6) is 0.524. The van der Waals surface area contributed by atoms with E-state index in [4.69, 9.17) is 15.2 Å². The third-order valence-electron chi connectivity index (χ3n) is 5.88. The highest BCUT2D eigenvalue weighted by Crippen LogP contribution is 2.39. The molecule has 1 atom stereocenters. The Hall–Kier alpha value is -3.47. The van der Waals surface area contributed by atoms with Gasteiger partial charge in [-0.1, -0.05) is 0 Å². The van der Waals surface area contributed by atoms with Crippen molar-refractivity contribution in [3.05, 3.63) is 42.2 Å². The van der Waals surface area contributed by atoms with Crippen LogP contribution in [0.5, 0.6) is 5.75 Å². The fraction of sp³-hybridized carbons (Fsp3) is 0.417. The van der Waals surface area contributed by atoms with E-state index in [9.17, 15) is 18.0 Å².